The Bertz CT molecular complexity index is 414. The van der Waals surface area contributed by atoms with Crippen molar-refractivity contribution in [2.24, 2.45) is 5.92 Å². The standard InChI is InChI=1S/C17H27NO/c1-5-15-6-8-16(9-7-15)11-17(19)10-14(3)18(4)12-13(17)2/h6-9,13-14,19H,5,10-12H2,1-4H3/t13-,14+,17+/m0/s1. The van der Waals surface area contributed by atoms with E-state index in [1.165, 1.54) is 11.1 Å². The lowest BCUT2D eigenvalue weighted by molar-refractivity contribution is -0.0778. The van der Waals surface area contributed by atoms with Crippen LogP contribution in [0.4, 0.5) is 0 Å². The molecule has 106 valence electrons. The maximum atomic E-state index is 11.0. The number of benzene rings is 1. The first-order chi connectivity index (χ1) is 8.94. The molecule has 2 rings (SSSR count). The molecule has 1 fully saturated rings. The molecule has 0 aliphatic carbocycles. The number of aryl methyl sites for hydroxylation is 1. The molecule has 2 heteroatoms. The van der Waals surface area contributed by atoms with Crippen LogP contribution in [0.1, 0.15) is 38.3 Å². The third kappa shape index (κ3) is 3.18. The topological polar surface area (TPSA) is 23.5 Å². The normalized spacial score (nSPS) is 32.5. The molecule has 0 unspecified atom stereocenters. The molecule has 1 heterocycles. The zero-order valence-electron chi connectivity index (χ0n) is 12.7. The van der Waals surface area contributed by atoms with Gasteiger partial charge >= 0.3 is 0 Å². The Balaban J connectivity index is 2.11. The molecule has 1 N–H and O–H groups in total. The molecule has 19 heavy (non-hydrogen) atoms. The molecule has 1 aliphatic rings. The summed E-state index contributed by atoms with van der Waals surface area (Å²) < 4.78 is 0. The van der Waals surface area contributed by atoms with Gasteiger partial charge in [0.2, 0.25) is 0 Å². The van der Waals surface area contributed by atoms with Crippen LogP contribution in [0.3, 0.4) is 0 Å². The summed E-state index contributed by atoms with van der Waals surface area (Å²) in [5.74, 6) is 0.319. The van der Waals surface area contributed by atoms with E-state index < -0.39 is 5.60 Å². The molecule has 0 saturated carbocycles. The summed E-state index contributed by atoms with van der Waals surface area (Å²) in [6.45, 7) is 7.52. The van der Waals surface area contributed by atoms with Crippen molar-refractivity contribution in [2.45, 2.75) is 51.7 Å². The SMILES string of the molecule is CCc1ccc(C[C@]2(O)C[C@@H](C)N(C)C[C@@H]2C)cc1. The van der Waals surface area contributed by atoms with Gasteiger partial charge in [-0.15, -0.1) is 0 Å². The Kier molecular flexibility index (Phi) is 4.32. The minimum Gasteiger partial charge on any atom is -0.389 e. The maximum absolute atomic E-state index is 11.0. The number of hydrogen-bond donors (Lipinski definition) is 1. The van der Waals surface area contributed by atoms with Crippen LogP contribution >= 0.6 is 0 Å². The van der Waals surface area contributed by atoms with E-state index in [0.717, 1.165) is 25.8 Å². The minimum absolute atomic E-state index is 0.319. The third-order valence-corrected chi connectivity index (χ3v) is 4.82. The molecule has 0 spiro atoms. The zero-order chi connectivity index (χ0) is 14.0. The zero-order valence-corrected chi connectivity index (χ0v) is 12.7. The van der Waals surface area contributed by atoms with Gasteiger partial charge in [0.1, 0.15) is 0 Å². The lowest BCUT2D eigenvalue weighted by Crippen LogP contribution is -2.54. The van der Waals surface area contributed by atoms with E-state index in [1.54, 1.807) is 0 Å². The summed E-state index contributed by atoms with van der Waals surface area (Å²) in [5.41, 5.74) is 2.06. The maximum Gasteiger partial charge on any atom is 0.0740 e. The van der Waals surface area contributed by atoms with Crippen LogP contribution in [0.25, 0.3) is 0 Å². The van der Waals surface area contributed by atoms with Crippen LogP contribution in [0, 0.1) is 5.92 Å². The molecule has 1 aromatic rings. The van der Waals surface area contributed by atoms with Crippen molar-refractivity contribution in [2.75, 3.05) is 13.6 Å². The van der Waals surface area contributed by atoms with Gasteiger partial charge in [-0.2, -0.15) is 0 Å². The van der Waals surface area contributed by atoms with E-state index in [0.29, 0.717) is 12.0 Å². The molecular weight excluding hydrogens is 234 g/mol. The number of hydrogen-bond acceptors (Lipinski definition) is 2. The van der Waals surface area contributed by atoms with E-state index in [4.69, 9.17) is 0 Å². The molecule has 0 aromatic heterocycles. The average Bonchev–Trinajstić information content (AvgIpc) is 2.37. The molecule has 1 aliphatic heterocycles. The molecule has 0 amide bonds. The highest BCUT2D eigenvalue weighted by molar-refractivity contribution is 5.24. The van der Waals surface area contributed by atoms with Crippen molar-refractivity contribution < 1.29 is 5.11 Å². The second-order valence-electron chi connectivity index (χ2n) is 6.34. The predicted octanol–water partition coefficient (Wildman–Crippen LogP) is 2.88. The van der Waals surface area contributed by atoms with Gasteiger partial charge in [0.15, 0.2) is 0 Å². The van der Waals surface area contributed by atoms with Crippen molar-refractivity contribution in [3.63, 3.8) is 0 Å². The smallest absolute Gasteiger partial charge is 0.0740 e. The van der Waals surface area contributed by atoms with Crippen molar-refractivity contribution in [3.8, 4) is 0 Å². The first kappa shape index (κ1) is 14.5. The van der Waals surface area contributed by atoms with Gasteiger partial charge in [0.25, 0.3) is 0 Å². The van der Waals surface area contributed by atoms with Crippen molar-refractivity contribution in [1.82, 2.24) is 4.90 Å². The van der Waals surface area contributed by atoms with Gasteiger partial charge < -0.3 is 10.0 Å². The summed E-state index contributed by atoms with van der Waals surface area (Å²) in [5, 5.41) is 11.0. The molecule has 0 radical (unpaired) electrons. The third-order valence-electron chi connectivity index (χ3n) is 4.82. The van der Waals surface area contributed by atoms with E-state index in [9.17, 15) is 5.11 Å². The lowest BCUT2D eigenvalue weighted by Gasteiger charge is -2.46. The van der Waals surface area contributed by atoms with Crippen molar-refractivity contribution in [1.29, 1.82) is 0 Å². The highest BCUT2D eigenvalue weighted by Gasteiger charge is 2.40. The number of aliphatic hydroxyl groups is 1. The van der Waals surface area contributed by atoms with Gasteiger partial charge in [0.05, 0.1) is 5.60 Å². The molecular formula is C17H27NO. The largest absolute Gasteiger partial charge is 0.389 e. The number of nitrogens with zero attached hydrogens (tertiary/aromatic N) is 1. The van der Waals surface area contributed by atoms with E-state index in [-0.39, 0.29) is 0 Å². The number of piperidine rings is 1. The highest BCUT2D eigenvalue weighted by atomic mass is 16.3. The van der Waals surface area contributed by atoms with Crippen molar-refractivity contribution in [3.05, 3.63) is 35.4 Å². The van der Waals surface area contributed by atoms with Crippen LogP contribution in [0.15, 0.2) is 24.3 Å². The molecule has 1 saturated heterocycles. The van der Waals surface area contributed by atoms with Crippen LogP contribution in [0.2, 0.25) is 0 Å². The average molecular weight is 261 g/mol. The van der Waals surface area contributed by atoms with Crippen molar-refractivity contribution >= 4 is 0 Å². The Morgan fingerprint density at radius 3 is 2.37 bits per heavy atom. The fourth-order valence-electron chi connectivity index (χ4n) is 3.14. The van der Waals surface area contributed by atoms with Crippen LogP contribution < -0.4 is 0 Å². The molecule has 1 aromatic carbocycles. The number of rotatable bonds is 3. The Hall–Kier alpha value is -0.860. The Labute approximate surface area is 117 Å². The quantitative estimate of drug-likeness (QED) is 0.904. The second-order valence-corrected chi connectivity index (χ2v) is 6.34. The fraction of sp³-hybridized carbons (Fsp3) is 0.647. The predicted molar refractivity (Wildman–Crippen MR) is 80.3 cm³/mol. The van der Waals surface area contributed by atoms with Gasteiger partial charge in [-0.05, 0) is 43.9 Å². The van der Waals surface area contributed by atoms with E-state index in [2.05, 4.69) is 57.0 Å². The summed E-state index contributed by atoms with van der Waals surface area (Å²) in [6.07, 6.45) is 2.71. The van der Waals surface area contributed by atoms with E-state index in [1.807, 2.05) is 0 Å². The second kappa shape index (κ2) is 5.64. The van der Waals surface area contributed by atoms with Crippen LogP contribution in [0.5, 0.6) is 0 Å². The Morgan fingerprint density at radius 2 is 1.79 bits per heavy atom. The lowest BCUT2D eigenvalue weighted by atomic mass is 9.75. The summed E-state index contributed by atoms with van der Waals surface area (Å²) in [6, 6.07) is 9.17. The van der Waals surface area contributed by atoms with Crippen LogP contribution in [-0.2, 0) is 12.8 Å². The summed E-state index contributed by atoms with van der Waals surface area (Å²) in [7, 11) is 2.15. The van der Waals surface area contributed by atoms with Crippen LogP contribution in [-0.4, -0.2) is 35.2 Å². The Morgan fingerprint density at radius 1 is 1.21 bits per heavy atom. The summed E-state index contributed by atoms with van der Waals surface area (Å²) >= 11 is 0. The molecule has 3 atom stereocenters. The van der Waals surface area contributed by atoms with Gasteiger partial charge in [-0.1, -0.05) is 38.1 Å². The monoisotopic (exact) mass is 261 g/mol. The molecule has 0 bridgehead atoms. The fourth-order valence-corrected chi connectivity index (χ4v) is 3.14. The first-order valence-electron chi connectivity index (χ1n) is 7.45. The van der Waals surface area contributed by atoms with Gasteiger partial charge in [-0.25, -0.2) is 0 Å². The highest BCUT2D eigenvalue weighted by Crippen LogP contribution is 2.33. The van der Waals surface area contributed by atoms with Gasteiger partial charge in [0, 0.05) is 19.0 Å². The number of likely N-dealkylation sites (tertiary alicyclic amines) is 1. The first-order valence-corrected chi connectivity index (χ1v) is 7.45. The summed E-state index contributed by atoms with van der Waals surface area (Å²) in [4.78, 5) is 2.35. The van der Waals surface area contributed by atoms with E-state index >= 15 is 0 Å². The minimum atomic E-state index is -0.556. The van der Waals surface area contributed by atoms with Gasteiger partial charge in [-0.3, -0.25) is 0 Å². The molecule has 2 nitrogen and oxygen atoms in total.